The van der Waals surface area contributed by atoms with Gasteiger partial charge in [-0.15, -0.1) is 0 Å². The lowest BCUT2D eigenvalue weighted by molar-refractivity contribution is -0.146. The molecular formula is C11H21NO3. The number of aliphatic hydroxyl groups is 1. The molecule has 1 aliphatic heterocycles. The molecule has 88 valence electrons. The van der Waals surface area contributed by atoms with Crippen LogP contribution in [-0.2, 0) is 9.53 Å². The van der Waals surface area contributed by atoms with Gasteiger partial charge in [-0.3, -0.25) is 4.79 Å². The first kappa shape index (κ1) is 12.5. The van der Waals surface area contributed by atoms with Crippen molar-refractivity contribution >= 4 is 5.97 Å². The predicted molar refractivity (Wildman–Crippen MR) is 57.5 cm³/mol. The van der Waals surface area contributed by atoms with E-state index in [1.165, 1.54) is 26.4 Å². The molecule has 0 spiro atoms. The number of aliphatic hydroxyl groups excluding tert-OH is 1. The number of piperidine rings is 1. The number of nitrogens with zero attached hydrogens (tertiary/aromatic N) is 1. The third-order valence-electron chi connectivity index (χ3n) is 2.94. The highest BCUT2D eigenvalue weighted by Crippen LogP contribution is 2.13. The second kappa shape index (κ2) is 6.80. The van der Waals surface area contributed by atoms with Crippen LogP contribution in [0.2, 0.25) is 0 Å². The number of carbonyl (C=O) groups is 1. The molecule has 4 nitrogen and oxygen atoms in total. The van der Waals surface area contributed by atoms with Gasteiger partial charge >= 0.3 is 5.97 Å². The van der Waals surface area contributed by atoms with Gasteiger partial charge in [-0.1, -0.05) is 6.42 Å². The van der Waals surface area contributed by atoms with Crippen molar-refractivity contribution in [1.82, 2.24) is 4.90 Å². The summed E-state index contributed by atoms with van der Waals surface area (Å²) in [5.41, 5.74) is 0. The monoisotopic (exact) mass is 215 g/mol. The van der Waals surface area contributed by atoms with Gasteiger partial charge in [-0.2, -0.15) is 0 Å². The predicted octanol–water partition coefficient (Wildman–Crippen LogP) is 0.644. The summed E-state index contributed by atoms with van der Waals surface area (Å²) in [4.78, 5) is 13.7. The molecule has 1 heterocycles. The van der Waals surface area contributed by atoms with Crippen LogP contribution >= 0.6 is 0 Å². The highest BCUT2D eigenvalue weighted by molar-refractivity contribution is 5.72. The first-order chi connectivity index (χ1) is 7.27. The lowest BCUT2D eigenvalue weighted by atomic mass is 10.0. The second-order valence-electron chi connectivity index (χ2n) is 4.09. The molecule has 1 aliphatic rings. The Labute approximate surface area is 91.2 Å². The van der Waals surface area contributed by atoms with Crippen molar-refractivity contribution in [2.75, 3.05) is 33.4 Å². The number of carbonyl (C=O) groups excluding carboxylic acids is 1. The van der Waals surface area contributed by atoms with Crippen LogP contribution in [-0.4, -0.2) is 49.3 Å². The number of hydrogen-bond donors (Lipinski definition) is 1. The van der Waals surface area contributed by atoms with E-state index in [1.807, 2.05) is 0 Å². The number of methoxy groups -OCH3 is 1. The Balaban J connectivity index is 2.38. The van der Waals surface area contributed by atoms with Crippen LogP contribution in [0.25, 0.3) is 0 Å². The van der Waals surface area contributed by atoms with Gasteiger partial charge < -0.3 is 14.7 Å². The summed E-state index contributed by atoms with van der Waals surface area (Å²) in [6, 6.07) is 0. The highest BCUT2D eigenvalue weighted by atomic mass is 16.5. The first-order valence-electron chi connectivity index (χ1n) is 5.69. The quantitative estimate of drug-likeness (QED) is 0.684. The lowest BCUT2D eigenvalue weighted by Crippen LogP contribution is -2.37. The molecule has 0 bridgehead atoms. The van der Waals surface area contributed by atoms with Crippen LogP contribution in [0.1, 0.15) is 25.7 Å². The van der Waals surface area contributed by atoms with E-state index in [9.17, 15) is 4.79 Å². The molecule has 1 saturated heterocycles. The molecule has 0 saturated carbocycles. The van der Waals surface area contributed by atoms with Gasteiger partial charge in [0.05, 0.1) is 13.0 Å². The molecule has 1 atom stereocenters. The Hall–Kier alpha value is -0.610. The second-order valence-corrected chi connectivity index (χ2v) is 4.09. The third kappa shape index (κ3) is 4.18. The summed E-state index contributed by atoms with van der Waals surface area (Å²) in [7, 11) is 1.41. The molecule has 0 radical (unpaired) electrons. The summed E-state index contributed by atoms with van der Waals surface area (Å²) in [6.45, 7) is 2.92. The van der Waals surface area contributed by atoms with Crippen LogP contribution < -0.4 is 0 Å². The number of hydrogen-bond acceptors (Lipinski definition) is 4. The fourth-order valence-electron chi connectivity index (χ4n) is 2.06. The maximum atomic E-state index is 11.4. The molecule has 1 rings (SSSR count). The SMILES string of the molecule is COC(=O)C(CCO)CN1CCCCC1. The van der Waals surface area contributed by atoms with Gasteiger partial charge in [-0.25, -0.2) is 0 Å². The average molecular weight is 215 g/mol. The van der Waals surface area contributed by atoms with Crippen molar-refractivity contribution in [1.29, 1.82) is 0 Å². The van der Waals surface area contributed by atoms with Crippen molar-refractivity contribution < 1.29 is 14.6 Å². The number of likely N-dealkylation sites (tertiary alicyclic amines) is 1. The van der Waals surface area contributed by atoms with Gasteiger partial charge in [0.2, 0.25) is 0 Å². The van der Waals surface area contributed by atoms with Crippen molar-refractivity contribution in [3.8, 4) is 0 Å². The fraction of sp³-hybridized carbons (Fsp3) is 0.909. The number of rotatable bonds is 5. The highest BCUT2D eigenvalue weighted by Gasteiger charge is 2.22. The summed E-state index contributed by atoms with van der Waals surface area (Å²) >= 11 is 0. The van der Waals surface area contributed by atoms with Gasteiger partial charge in [0.25, 0.3) is 0 Å². The van der Waals surface area contributed by atoms with E-state index in [0.29, 0.717) is 6.42 Å². The molecule has 1 N–H and O–H groups in total. The molecule has 15 heavy (non-hydrogen) atoms. The summed E-state index contributed by atoms with van der Waals surface area (Å²) in [6.07, 6.45) is 4.22. The minimum Gasteiger partial charge on any atom is -0.469 e. The first-order valence-corrected chi connectivity index (χ1v) is 5.69. The van der Waals surface area contributed by atoms with E-state index in [1.54, 1.807) is 0 Å². The van der Waals surface area contributed by atoms with Crippen LogP contribution in [0.15, 0.2) is 0 Å². The van der Waals surface area contributed by atoms with E-state index in [0.717, 1.165) is 19.6 Å². The molecule has 1 fully saturated rings. The van der Waals surface area contributed by atoms with Gasteiger partial charge in [-0.05, 0) is 32.4 Å². The van der Waals surface area contributed by atoms with Crippen molar-refractivity contribution in [2.45, 2.75) is 25.7 Å². The Morgan fingerprint density at radius 1 is 1.40 bits per heavy atom. The van der Waals surface area contributed by atoms with Crippen molar-refractivity contribution in [3.63, 3.8) is 0 Å². The van der Waals surface area contributed by atoms with E-state index in [4.69, 9.17) is 9.84 Å². The van der Waals surface area contributed by atoms with E-state index < -0.39 is 0 Å². The summed E-state index contributed by atoms with van der Waals surface area (Å²) < 4.78 is 4.73. The normalized spacial score (nSPS) is 19.9. The van der Waals surface area contributed by atoms with Gasteiger partial charge in [0.15, 0.2) is 0 Å². The minimum atomic E-state index is -0.199. The topological polar surface area (TPSA) is 49.8 Å². The molecule has 0 aliphatic carbocycles. The molecule has 0 aromatic heterocycles. The maximum Gasteiger partial charge on any atom is 0.310 e. The van der Waals surface area contributed by atoms with Crippen LogP contribution in [0.5, 0.6) is 0 Å². The zero-order chi connectivity index (χ0) is 11.1. The van der Waals surface area contributed by atoms with Crippen molar-refractivity contribution in [2.24, 2.45) is 5.92 Å². The molecule has 0 amide bonds. The molecule has 1 unspecified atom stereocenters. The zero-order valence-electron chi connectivity index (χ0n) is 9.45. The molecular weight excluding hydrogens is 194 g/mol. The minimum absolute atomic E-state index is 0.0492. The van der Waals surface area contributed by atoms with Crippen molar-refractivity contribution in [3.05, 3.63) is 0 Å². The average Bonchev–Trinajstić information content (AvgIpc) is 2.29. The van der Waals surface area contributed by atoms with Crippen LogP contribution in [0, 0.1) is 5.92 Å². The Kier molecular flexibility index (Phi) is 5.65. The largest absolute Gasteiger partial charge is 0.469 e. The Morgan fingerprint density at radius 3 is 2.60 bits per heavy atom. The number of esters is 1. The standard InChI is InChI=1S/C11H21NO3/c1-15-11(14)10(5-8-13)9-12-6-3-2-4-7-12/h10,13H,2-9H2,1H3. The fourth-order valence-corrected chi connectivity index (χ4v) is 2.06. The van der Waals surface area contributed by atoms with Gasteiger partial charge in [0.1, 0.15) is 0 Å². The number of ether oxygens (including phenoxy) is 1. The summed E-state index contributed by atoms with van der Waals surface area (Å²) in [5.74, 6) is -0.368. The third-order valence-corrected chi connectivity index (χ3v) is 2.94. The molecule has 4 heteroatoms. The zero-order valence-corrected chi connectivity index (χ0v) is 9.45. The van der Waals surface area contributed by atoms with E-state index >= 15 is 0 Å². The lowest BCUT2D eigenvalue weighted by Gasteiger charge is -2.29. The maximum absolute atomic E-state index is 11.4. The summed E-state index contributed by atoms with van der Waals surface area (Å²) in [5, 5.41) is 8.88. The Bertz CT molecular complexity index is 190. The molecule has 0 aromatic rings. The van der Waals surface area contributed by atoms with Gasteiger partial charge in [0, 0.05) is 13.2 Å². The smallest absolute Gasteiger partial charge is 0.310 e. The van der Waals surface area contributed by atoms with Crippen LogP contribution in [0.3, 0.4) is 0 Å². The van der Waals surface area contributed by atoms with E-state index in [-0.39, 0.29) is 18.5 Å². The Morgan fingerprint density at radius 2 is 2.07 bits per heavy atom. The van der Waals surface area contributed by atoms with Crippen LogP contribution in [0.4, 0.5) is 0 Å². The van der Waals surface area contributed by atoms with E-state index in [2.05, 4.69) is 4.90 Å². The molecule has 0 aromatic carbocycles.